The molecule has 0 spiro atoms. The maximum absolute atomic E-state index is 11.2. The van der Waals surface area contributed by atoms with E-state index in [2.05, 4.69) is 15.3 Å². The first kappa shape index (κ1) is 10.5. The number of nitrogens with one attached hydrogen (secondary N) is 2. The minimum Gasteiger partial charge on any atom is -0.366 e. The summed E-state index contributed by atoms with van der Waals surface area (Å²) in [6.45, 7) is 1.79. The number of hydrogen-bond donors (Lipinski definition) is 2. The van der Waals surface area contributed by atoms with E-state index < -0.39 is 0 Å². The Bertz CT molecular complexity index is 384. The maximum atomic E-state index is 11.2. The molecule has 2 N–H and O–H groups in total. The molecule has 82 valence electrons. The molecule has 1 aliphatic heterocycles. The molecule has 1 saturated heterocycles. The van der Waals surface area contributed by atoms with Crippen LogP contribution in [0.4, 0.5) is 5.82 Å². The monoisotopic (exact) mass is 225 g/mol. The number of anilines is 1. The van der Waals surface area contributed by atoms with Crippen LogP contribution in [-0.2, 0) is 0 Å². The molecule has 5 heteroatoms. The fraction of sp³-hybridized carbons (Fsp3) is 0.600. The molecule has 0 saturated carbocycles. The third kappa shape index (κ3) is 2.99. The van der Waals surface area contributed by atoms with Gasteiger partial charge in [0.1, 0.15) is 11.6 Å². The standard InChI is InChI=1S/C10H15N3OS/c1-7-11-9(5-10(14)12-7)13-8-3-2-4-15-6-8/h5,8H,2-4,6H2,1H3,(H2,11,12,13,14). The van der Waals surface area contributed by atoms with Gasteiger partial charge in [0.15, 0.2) is 0 Å². The molecule has 0 radical (unpaired) electrons. The van der Waals surface area contributed by atoms with Crippen LogP contribution in [0.1, 0.15) is 18.7 Å². The normalized spacial score (nSPS) is 21.3. The van der Waals surface area contributed by atoms with Gasteiger partial charge < -0.3 is 10.3 Å². The number of hydrogen-bond acceptors (Lipinski definition) is 4. The summed E-state index contributed by atoms with van der Waals surface area (Å²) in [5.74, 6) is 3.71. The van der Waals surface area contributed by atoms with Crippen molar-refractivity contribution >= 4 is 17.6 Å². The molecule has 0 aromatic carbocycles. The van der Waals surface area contributed by atoms with Crippen molar-refractivity contribution in [3.8, 4) is 0 Å². The van der Waals surface area contributed by atoms with Gasteiger partial charge in [0.2, 0.25) is 0 Å². The summed E-state index contributed by atoms with van der Waals surface area (Å²) in [6, 6.07) is 1.98. The Morgan fingerprint density at radius 3 is 3.20 bits per heavy atom. The van der Waals surface area contributed by atoms with Crippen LogP contribution in [-0.4, -0.2) is 27.5 Å². The van der Waals surface area contributed by atoms with Crippen LogP contribution in [0.3, 0.4) is 0 Å². The highest BCUT2D eigenvalue weighted by Crippen LogP contribution is 2.19. The molecule has 1 aromatic rings. The Kier molecular flexibility index (Phi) is 3.30. The third-order valence-corrected chi connectivity index (χ3v) is 3.59. The van der Waals surface area contributed by atoms with Crippen LogP contribution >= 0.6 is 11.8 Å². The largest absolute Gasteiger partial charge is 0.366 e. The number of aryl methyl sites for hydroxylation is 1. The van der Waals surface area contributed by atoms with Gasteiger partial charge in [-0.25, -0.2) is 4.98 Å². The van der Waals surface area contributed by atoms with E-state index in [0.29, 0.717) is 17.7 Å². The van der Waals surface area contributed by atoms with Crippen molar-refractivity contribution < 1.29 is 0 Å². The summed E-state index contributed by atoms with van der Waals surface area (Å²) in [4.78, 5) is 18.1. The number of H-pyrrole nitrogens is 1. The zero-order valence-electron chi connectivity index (χ0n) is 8.75. The fourth-order valence-electron chi connectivity index (χ4n) is 1.72. The maximum Gasteiger partial charge on any atom is 0.252 e. The predicted octanol–water partition coefficient (Wildman–Crippen LogP) is 1.39. The van der Waals surface area contributed by atoms with Gasteiger partial charge in [-0.3, -0.25) is 4.79 Å². The highest BCUT2D eigenvalue weighted by Gasteiger charge is 2.13. The second kappa shape index (κ2) is 4.70. The van der Waals surface area contributed by atoms with Crippen molar-refractivity contribution in [1.82, 2.24) is 9.97 Å². The van der Waals surface area contributed by atoms with Crippen molar-refractivity contribution in [3.05, 3.63) is 22.2 Å². The average Bonchev–Trinajstić information content (AvgIpc) is 2.17. The van der Waals surface area contributed by atoms with Gasteiger partial charge in [-0.05, 0) is 25.5 Å². The van der Waals surface area contributed by atoms with Crippen LogP contribution in [0.25, 0.3) is 0 Å². The molecular formula is C10H15N3OS. The molecule has 2 rings (SSSR count). The van der Waals surface area contributed by atoms with E-state index in [9.17, 15) is 4.79 Å². The van der Waals surface area contributed by atoms with Crippen molar-refractivity contribution in [1.29, 1.82) is 0 Å². The Labute approximate surface area is 92.9 Å². The Morgan fingerprint density at radius 1 is 1.67 bits per heavy atom. The summed E-state index contributed by atoms with van der Waals surface area (Å²) in [6.07, 6.45) is 2.41. The number of aromatic nitrogens is 2. The smallest absolute Gasteiger partial charge is 0.252 e. The second-order valence-corrected chi connectivity index (χ2v) is 4.92. The molecule has 1 aromatic heterocycles. The van der Waals surface area contributed by atoms with Gasteiger partial charge in [0.05, 0.1) is 0 Å². The van der Waals surface area contributed by atoms with Gasteiger partial charge in [-0.1, -0.05) is 0 Å². The van der Waals surface area contributed by atoms with Gasteiger partial charge in [0, 0.05) is 17.9 Å². The lowest BCUT2D eigenvalue weighted by Gasteiger charge is -2.22. The van der Waals surface area contributed by atoms with Crippen LogP contribution in [0.15, 0.2) is 10.9 Å². The summed E-state index contributed by atoms with van der Waals surface area (Å²) in [7, 11) is 0. The summed E-state index contributed by atoms with van der Waals surface area (Å²) in [5, 5.41) is 3.31. The van der Waals surface area contributed by atoms with E-state index >= 15 is 0 Å². The second-order valence-electron chi connectivity index (χ2n) is 3.77. The molecule has 2 heterocycles. The zero-order chi connectivity index (χ0) is 10.7. The highest BCUT2D eigenvalue weighted by atomic mass is 32.2. The van der Waals surface area contributed by atoms with Crippen LogP contribution in [0, 0.1) is 6.92 Å². The summed E-state index contributed by atoms with van der Waals surface area (Å²) in [5.41, 5.74) is -0.0894. The molecule has 1 fully saturated rings. The zero-order valence-corrected chi connectivity index (χ0v) is 9.56. The molecule has 1 atom stereocenters. The van der Waals surface area contributed by atoms with Gasteiger partial charge in [-0.15, -0.1) is 0 Å². The van der Waals surface area contributed by atoms with Crippen molar-refractivity contribution in [2.75, 3.05) is 16.8 Å². The van der Waals surface area contributed by atoms with E-state index in [1.54, 1.807) is 6.92 Å². The fourth-order valence-corrected chi connectivity index (χ4v) is 2.79. The SMILES string of the molecule is Cc1nc(NC2CCCSC2)cc(=O)[nH]1. The Balaban J connectivity index is 2.06. The quantitative estimate of drug-likeness (QED) is 0.798. The van der Waals surface area contributed by atoms with E-state index in [1.807, 2.05) is 11.8 Å². The molecule has 0 amide bonds. The predicted molar refractivity (Wildman–Crippen MR) is 63.6 cm³/mol. The Hall–Kier alpha value is -0.970. The lowest BCUT2D eigenvalue weighted by molar-refractivity contribution is 0.681. The van der Waals surface area contributed by atoms with Crippen molar-refractivity contribution in [2.24, 2.45) is 0 Å². The lowest BCUT2D eigenvalue weighted by atomic mass is 10.2. The number of aromatic amines is 1. The summed E-state index contributed by atoms with van der Waals surface area (Å²) < 4.78 is 0. The molecule has 15 heavy (non-hydrogen) atoms. The third-order valence-electron chi connectivity index (χ3n) is 2.37. The van der Waals surface area contributed by atoms with Gasteiger partial charge in [0.25, 0.3) is 5.56 Å². The van der Waals surface area contributed by atoms with Crippen LogP contribution in [0.5, 0.6) is 0 Å². The first-order chi connectivity index (χ1) is 7.24. The van der Waals surface area contributed by atoms with E-state index in [-0.39, 0.29) is 5.56 Å². The average molecular weight is 225 g/mol. The Morgan fingerprint density at radius 2 is 2.53 bits per heavy atom. The molecule has 1 aliphatic rings. The minimum absolute atomic E-state index is 0.0894. The van der Waals surface area contributed by atoms with Crippen molar-refractivity contribution in [3.63, 3.8) is 0 Å². The molecule has 1 unspecified atom stereocenters. The minimum atomic E-state index is -0.0894. The van der Waals surface area contributed by atoms with E-state index in [1.165, 1.54) is 24.7 Å². The van der Waals surface area contributed by atoms with Crippen LogP contribution < -0.4 is 10.9 Å². The van der Waals surface area contributed by atoms with E-state index in [4.69, 9.17) is 0 Å². The number of thioether (sulfide) groups is 1. The highest BCUT2D eigenvalue weighted by molar-refractivity contribution is 7.99. The topological polar surface area (TPSA) is 57.8 Å². The molecular weight excluding hydrogens is 210 g/mol. The van der Waals surface area contributed by atoms with Crippen molar-refractivity contribution in [2.45, 2.75) is 25.8 Å². The number of rotatable bonds is 2. The first-order valence-electron chi connectivity index (χ1n) is 5.16. The molecule has 0 aliphatic carbocycles. The lowest BCUT2D eigenvalue weighted by Crippen LogP contribution is -2.27. The molecule has 0 bridgehead atoms. The van der Waals surface area contributed by atoms with Gasteiger partial charge in [-0.2, -0.15) is 11.8 Å². The van der Waals surface area contributed by atoms with Gasteiger partial charge >= 0.3 is 0 Å². The first-order valence-corrected chi connectivity index (χ1v) is 6.32. The van der Waals surface area contributed by atoms with Crippen LogP contribution in [0.2, 0.25) is 0 Å². The molecule has 4 nitrogen and oxygen atoms in total. The number of nitrogens with zero attached hydrogens (tertiary/aromatic N) is 1. The summed E-state index contributed by atoms with van der Waals surface area (Å²) >= 11 is 1.95. The van der Waals surface area contributed by atoms with E-state index in [0.717, 1.165) is 5.75 Å².